The van der Waals surface area contributed by atoms with Crippen LogP contribution in [0.5, 0.6) is 0 Å². The molecule has 0 spiro atoms. The molecule has 144 valence electrons. The lowest BCUT2D eigenvalue weighted by Crippen LogP contribution is -2.73. The van der Waals surface area contributed by atoms with Gasteiger partial charge in [0, 0.05) is 11.8 Å². The summed E-state index contributed by atoms with van der Waals surface area (Å²) in [6.07, 6.45) is 4.77. The molecule has 3 aliphatic rings. The molecule has 3 aliphatic carbocycles. The largest absolute Gasteiger partial charge is 0.458 e. The van der Waals surface area contributed by atoms with Crippen molar-refractivity contribution in [3.8, 4) is 0 Å². The molecule has 0 amide bonds. The fourth-order valence-electron chi connectivity index (χ4n) is 6.40. The highest BCUT2D eigenvalue weighted by atomic mass is 16.6. The average Bonchev–Trinajstić information content (AvgIpc) is 2.37. The summed E-state index contributed by atoms with van der Waals surface area (Å²) in [5.41, 5.74) is -0.677. The van der Waals surface area contributed by atoms with Crippen LogP contribution in [0.2, 0.25) is 0 Å². The van der Waals surface area contributed by atoms with E-state index in [2.05, 4.69) is 62.3 Å². The number of ether oxygens (including phenoxy) is 1. The van der Waals surface area contributed by atoms with E-state index in [4.69, 9.17) is 4.74 Å². The Balaban J connectivity index is 1.80. The zero-order valence-electron chi connectivity index (χ0n) is 18.0. The lowest BCUT2D eigenvalue weighted by atomic mass is 9.36. The van der Waals surface area contributed by atoms with Crippen LogP contribution in [0.15, 0.2) is 0 Å². The Morgan fingerprint density at radius 2 is 1.56 bits per heavy atom. The summed E-state index contributed by atoms with van der Waals surface area (Å²) in [5.74, 6) is 3.80. The third-order valence-corrected chi connectivity index (χ3v) is 8.17. The standard InChI is InChI=1S/C23H40O2/c1-14-10-15-12-17-18(15)16(11-14)23(17,9)25-19(24)22(8,21(5,6)7)13-20(2,3)4/h14-18H,10-13H2,1-9H3. The topological polar surface area (TPSA) is 26.3 Å². The van der Waals surface area contributed by atoms with Crippen molar-refractivity contribution in [2.24, 2.45) is 45.8 Å². The fraction of sp³-hybridized carbons (Fsp3) is 0.957. The molecule has 3 rings (SSSR count). The Morgan fingerprint density at radius 3 is 2.08 bits per heavy atom. The van der Waals surface area contributed by atoms with Gasteiger partial charge < -0.3 is 4.74 Å². The van der Waals surface area contributed by atoms with Gasteiger partial charge in [0.2, 0.25) is 0 Å². The number of carbonyl (C=O) groups excluding carboxylic acids is 1. The molecular formula is C23H40O2. The van der Waals surface area contributed by atoms with Gasteiger partial charge in [0.25, 0.3) is 0 Å². The van der Waals surface area contributed by atoms with Crippen LogP contribution in [-0.2, 0) is 9.53 Å². The van der Waals surface area contributed by atoms with E-state index in [0.29, 0.717) is 11.8 Å². The number of hydrogen-bond donors (Lipinski definition) is 0. The van der Waals surface area contributed by atoms with E-state index in [-0.39, 0.29) is 22.4 Å². The van der Waals surface area contributed by atoms with Crippen molar-refractivity contribution in [2.75, 3.05) is 0 Å². The maximum atomic E-state index is 13.5. The van der Waals surface area contributed by atoms with Crippen LogP contribution >= 0.6 is 0 Å². The molecule has 0 aromatic rings. The first-order chi connectivity index (χ1) is 11.2. The van der Waals surface area contributed by atoms with Crippen molar-refractivity contribution >= 4 is 5.97 Å². The molecule has 0 bridgehead atoms. The molecule has 0 saturated heterocycles. The first kappa shape index (κ1) is 19.2. The Hall–Kier alpha value is -0.530. The van der Waals surface area contributed by atoms with Crippen molar-refractivity contribution in [3.63, 3.8) is 0 Å². The molecule has 2 heteroatoms. The lowest BCUT2D eigenvalue weighted by Gasteiger charge is -2.71. The lowest BCUT2D eigenvalue weighted by molar-refractivity contribution is -0.297. The summed E-state index contributed by atoms with van der Waals surface area (Å²) < 4.78 is 6.44. The highest BCUT2D eigenvalue weighted by molar-refractivity contribution is 5.78. The van der Waals surface area contributed by atoms with Gasteiger partial charge in [0.05, 0.1) is 5.41 Å². The summed E-state index contributed by atoms with van der Waals surface area (Å²) in [4.78, 5) is 13.5. The van der Waals surface area contributed by atoms with E-state index in [0.717, 1.165) is 24.2 Å². The Bertz CT molecular complexity index is 551. The fourth-order valence-corrected chi connectivity index (χ4v) is 6.40. The highest BCUT2D eigenvalue weighted by Gasteiger charge is 2.71. The van der Waals surface area contributed by atoms with Crippen LogP contribution in [0.25, 0.3) is 0 Å². The van der Waals surface area contributed by atoms with Crippen molar-refractivity contribution in [2.45, 2.75) is 93.6 Å². The van der Waals surface area contributed by atoms with Gasteiger partial charge in [0.15, 0.2) is 0 Å². The van der Waals surface area contributed by atoms with Crippen molar-refractivity contribution < 1.29 is 9.53 Å². The minimum atomic E-state index is -0.456. The zero-order chi connectivity index (χ0) is 19.0. The molecule has 3 fully saturated rings. The van der Waals surface area contributed by atoms with Gasteiger partial charge in [-0.15, -0.1) is 0 Å². The van der Waals surface area contributed by atoms with Gasteiger partial charge in [0.1, 0.15) is 5.60 Å². The molecule has 7 atom stereocenters. The molecule has 7 unspecified atom stereocenters. The second kappa shape index (κ2) is 5.49. The molecule has 2 nitrogen and oxygen atoms in total. The number of carbonyl (C=O) groups is 1. The third kappa shape index (κ3) is 2.86. The van der Waals surface area contributed by atoms with Crippen LogP contribution in [-0.4, -0.2) is 11.6 Å². The van der Waals surface area contributed by atoms with Gasteiger partial charge in [-0.3, -0.25) is 4.79 Å². The Morgan fingerprint density at radius 1 is 1.00 bits per heavy atom. The van der Waals surface area contributed by atoms with E-state index in [1.807, 2.05) is 0 Å². The van der Waals surface area contributed by atoms with Gasteiger partial charge >= 0.3 is 5.97 Å². The molecule has 0 radical (unpaired) electrons. The summed E-state index contributed by atoms with van der Waals surface area (Å²) in [6.45, 7) is 20.0. The van der Waals surface area contributed by atoms with Crippen LogP contribution in [0.3, 0.4) is 0 Å². The van der Waals surface area contributed by atoms with Crippen LogP contribution in [0, 0.1) is 45.8 Å². The van der Waals surface area contributed by atoms with Crippen LogP contribution in [0.1, 0.15) is 88.0 Å². The minimum Gasteiger partial charge on any atom is -0.458 e. The Kier molecular flexibility index (Phi) is 4.22. The summed E-state index contributed by atoms with van der Waals surface area (Å²) >= 11 is 0. The van der Waals surface area contributed by atoms with E-state index >= 15 is 0 Å². The highest BCUT2D eigenvalue weighted by Crippen LogP contribution is 2.70. The second-order valence-corrected chi connectivity index (χ2v) is 12.3. The molecule has 0 N–H and O–H groups in total. The van der Waals surface area contributed by atoms with Crippen LogP contribution in [0.4, 0.5) is 0 Å². The Labute approximate surface area is 155 Å². The smallest absolute Gasteiger partial charge is 0.312 e. The van der Waals surface area contributed by atoms with Gasteiger partial charge in [-0.1, -0.05) is 48.5 Å². The van der Waals surface area contributed by atoms with Crippen molar-refractivity contribution in [3.05, 3.63) is 0 Å². The number of esters is 1. The van der Waals surface area contributed by atoms with E-state index in [1.165, 1.54) is 19.3 Å². The molecule has 0 aromatic heterocycles. The molecule has 0 aromatic carbocycles. The van der Waals surface area contributed by atoms with E-state index < -0.39 is 5.41 Å². The van der Waals surface area contributed by atoms with Crippen LogP contribution < -0.4 is 0 Å². The molecular weight excluding hydrogens is 308 g/mol. The molecule has 25 heavy (non-hydrogen) atoms. The SMILES string of the molecule is CC1CC2CC3C2C(C1)C3(C)OC(=O)C(C)(CC(C)(C)C)C(C)(C)C. The number of hydrogen-bond acceptors (Lipinski definition) is 2. The third-order valence-electron chi connectivity index (χ3n) is 8.17. The molecule has 3 saturated carbocycles. The predicted molar refractivity (Wildman–Crippen MR) is 103 cm³/mol. The maximum Gasteiger partial charge on any atom is 0.312 e. The van der Waals surface area contributed by atoms with Gasteiger partial charge in [-0.2, -0.15) is 0 Å². The molecule has 0 aliphatic heterocycles. The normalized spacial score (nSPS) is 42.5. The van der Waals surface area contributed by atoms with Gasteiger partial charge in [-0.05, 0) is 68.1 Å². The predicted octanol–water partition coefficient (Wildman–Crippen LogP) is 6.09. The maximum absolute atomic E-state index is 13.5. The average molecular weight is 349 g/mol. The quantitative estimate of drug-likeness (QED) is 0.577. The molecule has 0 heterocycles. The first-order valence-electron chi connectivity index (χ1n) is 10.4. The van der Waals surface area contributed by atoms with E-state index in [1.54, 1.807) is 0 Å². The zero-order valence-corrected chi connectivity index (χ0v) is 18.0. The minimum absolute atomic E-state index is 0.0394. The van der Waals surface area contributed by atoms with E-state index in [9.17, 15) is 4.79 Å². The second-order valence-electron chi connectivity index (χ2n) is 12.3. The monoisotopic (exact) mass is 348 g/mol. The summed E-state index contributed by atoms with van der Waals surface area (Å²) in [5, 5.41) is 0. The summed E-state index contributed by atoms with van der Waals surface area (Å²) in [7, 11) is 0. The van der Waals surface area contributed by atoms with Crippen molar-refractivity contribution in [1.29, 1.82) is 0 Å². The van der Waals surface area contributed by atoms with Gasteiger partial charge in [-0.25, -0.2) is 0 Å². The summed E-state index contributed by atoms with van der Waals surface area (Å²) in [6, 6.07) is 0. The van der Waals surface area contributed by atoms with Crippen molar-refractivity contribution in [1.82, 2.24) is 0 Å². The first-order valence-corrected chi connectivity index (χ1v) is 10.4. The number of rotatable bonds is 3.